The van der Waals surface area contributed by atoms with Crippen molar-refractivity contribution < 1.29 is 5.11 Å². The zero-order valence-electron chi connectivity index (χ0n) is 10.2. The van der Waals surface area contributed by atoms with Gasteiger partial charge in [0.15, 0.2) is 5.16 Å². The van der Waals surface area contributed by atoms with Crippen molar-refractivity contribution in [3.63, 3.8) is 0 Å². The maximum atomic E-state index is 9.04. The van der Waals surface area contributed by atoms with E-state index in [0.717, 1.165) is 27.9 Å². The van der Waals surface area contributed by atoms with Crippen LogP contribution in [-0.2, 0) is 0 Å². The molecule has 0 fully saturated rings. The lowest BCUT2D eigenvalue weighted by atomic mass is 10.2. The molecule has 5 heteroatoms. The van der Waals surface area contributed by atoms with E-state index < -0.39 is 0 Å². The largest absolute Gasteiger partial charge is 0.395 e. The highest BCUT2D eigenvalue weighted by atomic mass is 32.2. The zero-order chi connectivity index (χ0) is 12.1. The fraction of sp³-hybridized carbons (Fsp3) is 0.636. The highest BCUT2D eigenvalue weighted by Crippen LogP contribution is 2.17. The Labute approximate surface area is 101 Å². The third-order valence-corrected chi connectivity index (χ3v) is 3.66. The first-order chi connectivity index (χ1) is 7.58. The van der Waals surface area contributed by atoms with Crippen LogP contribution in [0.5, 0.6) is 0 Å². The van der Waals surface area contributed by atoms with Crippen LogP contribution in [0.15, 0.2) is 5.16 Å². The average molecular weight is 241 g/mol. The van der Waals surface area contributed by atoms with Gasteiger partial charge in [-0.2, -0.15) is 0 Å². The van der Waals surface area contributed by atoms with Crippen molar-refractivity contribution >= 4 is 11.8 Å². The summed E-state index contributed by atoms with van der Waals surface area (Å²) < 4.78 is 0. The summed E-state index contributed by atoms with van der Waals surface area (Å²) in [6, 6.07) is 0.0931. The summed E-state index contributed by atoms with van der Waals surface area (Å²) in [4.78, 5) is 8.83. The molecule has 0 bridgehead atoms. The Morgan fingerprint density at radius 1 is 1.25 bits per heavy atom. The number of aryl methyl sites for hydroxylation is 2. The minimum absolute atomic E-state index is 0.0931. The molecule has 0 saturated carbocycles. The van der Waals surface area contributed by atoms with Crippen molar-refractivity contribution in [3.8, 4) is 0 Å². The van der Waals surface area contributed by atoms with Crippen LogP contribution in [0.3, 0.4) is 0 Å². The number of nitrogens with zero attached hydrogens (tertiary/aromatic N) is 2. The summed E-state index contributed by atoms with van der Waals surface area (Å²) in [5, 5.41) is 12.9. The molecule has 0 spiro atoms. The maximum absolute atomic E-state index is 9.04. The molecule has 0 aliphatic heterocycles. The minimum Gasteiger partial charge on any atom is -0.395 e. The summed E-state index contributed by atoms with van der Waals surface area (Å²) in [6.45, 7) is 6.15. The van der Waals surface area contributed by atoms with Gasteiger partial charge in [-0.15, -0.1) is 0 Å². The van der Waals surface area contributed by atoms with Gasteiger partial charge in [0.25, 0.3) is 0 Å². The Bertz CT molecular complexity index is 330. The number of nitrogens with one attached hydrogen (secondary N) is 1. The average Bonchev–Trinajstić information content (AvgIpc) is 2.27. The molecule has 1 aromatic rings. The molecule has 0 aliphatic rings. The number of aromatic nitrogens is 2. The third kappa shape index (κ3) is 3.43. The fourth-order valence-corrected chi connectivity index (χ4v) is 2.23. The molecule has 1 unspecified atom stereocenters. The minimum atomic E-state index is 0.0931. The van der Waals surface area contributed by atoms with Crippen LogP contribution in [0.4, 0.5) is 0 Å². The van der Waals surface area contributed by atoms with Gasteiger partial charge < -0.3 is 10.4 Å². The lowest BCUT2D eigenvalue weighted by molar-refractivity contribution is 0.260. The summed E-state index contributed by atoms with van der Waals surface area (Å²) in [7, 11) is 1.84. The van der Waals surface area contributed by atoms with Crippen molar-refractivity contribution in [2.75, 3.05) is 19.4 Å². The first-order valence-corrected chi connectivity index (χ1v) is 6.29. The standard InChI is InChI=1S/C11H19N3OS/c1-7-8(2)13-11(14-9(7)3)16-6-10(5-15)12-4/h10,12,15H,5-6H2,1-4H3. The van der Waals surface area contributed by atoms with Gasteiger partial charge in [-0.05, 0) is 33.4 Å². The van der Waals surface area contributed by atoms with Crippen molar-refractivity contribution in [3.05, 3.63) is 17.0 Å². The Balaban J connectivity index is 2.68. The van der Waals surface area contributed by atoms with Crippen LogP contribution >= 0.6 is 11.8 Å². The number of hydrogen-bond acceptors (Lipinski definition) is 5. The van der Waals surface area contributed by atoms with Crippen molar-refractivity contribution in [2.24, 2.45) is 0 Å². The molecule has 4 nitrogen and oxygen atoms in total. The quantitative estimate of drug-likeness (QED) is 0.596. The van der Waals surface area contributed by atoms with Gasteiger partial charge in [0, 0.05) is 23.2 Å². The van der Waals surface area contributed by atoms with E-state index >= 15 is 0 Å². The molecule has 0 aliphatic carbocycles. The number of thioether (sulfide) groups is 1. The van der Waals surface area contributed by atoms with Gasteiger partial charge in [-0.3, -0.25) is 0 Å². The lowest BCUT2D eigenvalue weighted by Crippen LogP contribution is -2.31. The van der Waals surface area contributed by atoms with Crippen LogP contribution in [0.2, 0.25) is 0 Å². The van der Waals surface area contributed by atoms with Gasteiger partial charge in [-0.25, -0.2) is 9.97 Å². The highest BCUT2D eigenvalue weighted by molar-refractivity contribution is 7.99. The molecule has 1 aromatic heterocycles. The normalized spacial score (nSPS) is 12.8. The molecule has 0 amide bonds. The smallest absolute Gasteiger partial charge is 0.188 e. The Morgan fingerprint density at radius 2 is 1.81 bits per heavy atom. The molecule has 0 saturated heterocycles. The summed E-state index contributed by atoms with van der Waals surface area (Å²) >= 11 is 1.57. The topological polar surface area (TPSA) is 58.0 Å². The van der Waals surface area contributed by atoms with Crippen LogP contribution in [0, 0.1) is 20.8 Å². The van der Waals surface area contributed by atoms with Crippen molar-refractivity contribution in [1.82, 2.24) is 15.3 Å². The molecular weight excluding hydrogens is 222 g/mol. The van der Waals surface area contributed by atoms with Crippen molar-refractivity contribution in [1.29, 1.82) is 0 Å². The number of likely N-dealkylation sites (N-methyl/N-ethyl adjacent to an activating group) is 1. The van der Waals surface area contributed by atoms with Crippen LogP contribution < -0.4 is 5.32 Å². The Morgan fingerprint density at radius 3 is 2.25 bits per heavy atom. The van der Waals surface area contributed by atoms with Gasteiger partial charge in [0.2, 0.25) is 0 Å². The summed E-state index contributed by atoms with van der Waals surface area (Å²) in [5.74, 6) is 0.773. The predicted octanol–water partition coefficient (Wildman–Crippen LogP) is 1.07. The van der Waals surface area contributed by atoms with E-state index in [2.05, 4.69) is 15.3 Å². The molecule has 0 aromatic carbocycles. The van der Waals surface area contributed by atoms with Gasteiger partial charge in [-0.1, -0.05) is 11.8 Å². The summed E-state index contributed by atoms with van der Waals surface area (Å²) in [5.41, 5.74) is 3.21. The Hall–Kier alpha value is -0.650. The molecule has 1 heterocycles. The van der Waals surface area contributed by atoms with E-state index in [1.54, 1.807) is 11.8 Å². The molecular formula is C11H19N3OS. The second kappa shape index (κ2) is 6.18. The molecule has 0 radical (unpaired) electrons. The second-order valence-electron chi connectivity index (χ2n) is 3.78. The number of hydrogen-bond donors (Lipinski definition) is 2. The zero-order valence-corrected chi connectivity index (χ0v) is 11.1. The molecule has 2 N–H and O–H groups in total. The van der Waals surface area contributed by atoms with E-state index in [9.17, 15) is 0 Å². The van der Waals surface area contributed by atoms with Crippen LogP contribution in [0.1, 0.15) is 17.0 Å². The van der Waals surface area contributed by atoms with Gasteiger partial charge >= 0.3 is 0 Å². The maximum Gasteiger partial charge on any atom is 0.188 e. The molecule has 1 rings (SSSR count). The van der Waals surface area contributed by atoms with Crippen LogP contribution in [-0.4, -0.2) is 40.5 Å². The first-order valence-electron chi connectivity index (χ1n) is 5.31. The molecule has 1 atom stereocenters. The summed E-state index contributed by atoms with van der Waals surface area (Å²) in [6.07, 6.45) is 0. The van der Waals surface area contributed by atoms with E-state index in [1.165, 1.54) is 0 Å². The Kier molecular flexibility index (Phi) is 5.18. The van der Waals surface area contributed by atoms with E-state index in [-0.39, 0.29) is 12.6 Å². The predicted molar refractivity (Wildman–Crippen MR) is 66.9 cm³/mol. The monoisotopic (exact) mass is 241 g/mol. The van der Waals surface area contributed by atoms with E-state index in [0.29, 0.717) is 0 Å². The SMILES string of the molecule is CNC(CO)CSc1nc(C)c(C)c(C)n1. The lowest BCUT2D eigenvalue weighted by Gasteiger charge is -2.12. The fourth-order valence-electron chi connectivity index (χ4n) is 1.21. The third-order valence-electron chi connectivity index (χ3n) is 2.65. The number of aliphatic hydroxyl groups excluding tert-OH is 1. The molecule has 16 heavy (non-hydrogen) atoms. The first kappa shape index (κ1) is 13.4. The second-order valence-corrected chi connectivity index (χ2v) is 4.77. The molecule has 90 valence electrons. The number of aliphatic hydroxyl groups is 1. The number of rotatable bonds is 5. The van der Waals surface area contributed by atoms with E-state index in [1.807, 2.05) is 27.8 Å². The van der Waals surface area contributed by atoms with Gasteiger partial charge in [0.1, 0.15) is 0 Å². The van der Waals surface area contributed by atoms with Crippen LogP contribution in [0.25, 0.3) is 0 Å². The highest BCUT2D eigenvalue weighted by Gasteiger charge is 2.08. The van der Waals surface area contributed by atoms with E-state index in [4.69, 9.17) is 5.11 Å². The van der Waals surface area contributed by atoms with Crippen molar-refractivity contribution in [2.45, 2.75) is 32.0 Å². The van der Waals surface area contributed by atoms with Gasteiger partial charge in [0.05, 0.1) is 6.61 Å².